The van der Waals surface area contributed by atoms with E-state index >= 15 is 0 Å². The Balaban J connectivity index is 2.16. The number of halogens is 1. The Kier molecular flexibility index (Phi) is 4.36. The van der Waals surface area contributed by atoms with Gasteiger partial charge in [0.1, 0.15) is 5.75 Å². The van der Waals surface area contributed by atoms with Crippen LogP contribution in [0.4, 0.5) is 5.69 Å². The number of hydrogen-bond acceptors (Lipinski definition) is 4. The lowest BCUT2D eigenvalue weighted by Crippen LogP contribution is -2.38. The van der Waals surface area contributed by atoms with Gasteiger partial charge >= 0.3 is 0 Å². The van der Waals surface area contributed by atoms with E-state index in [0.29, 0.717) is 35.2 Å². The number of amides is 1. The van der Waals surface area contributed by atoms with E-state index in [4.69, 9.17) is 18.2 Å². The fourth-order valence-electron chi connectivity index (χ4n) is 2.49. The van der Waals surface area contributed by atoms with Crippen LogP contribution in [-0.4, -0.2) is 30.1 Å². The second-order valence-electron chi connectivity index (χ2n) is 5.06. The SMILES string of the molecule is [C-]#[N+]c1ccc(O)c(C(=O)NC2=NCCN2)c1-c1ccccc1Cl. The molecule has 0 aliphatic carbocycles. The van der Waals surface area contributed by atoms with Gasteiger partial charge in [-0.1, -0.05) is 35.9 Å². The Bertz CT molecular complexity index is 887. The van der Waals surface area contributed by atoms with Gasteiger partial charge in [-0.05, 0) is 17.7 Å². The Morgan fingerprint density at radius 1 is 1.33 bits per heavy atom. The number of hydrogen-bond donors (Lipinski definition) is 3. The van der Waals surface area contributed by atoms with Crippen molar-refractivity contribution in [3.05, 3.63) is 58.4 Å². The number of phenols is 1. The van der Waals surface area contributed by atoms with Crippen LogP contribution in [0.2, 0.25) is 5.02 Å². The van der Waals surface area contributed by atoms with E-state index in [9.17, 15) is 9.90 Å². The van der Waals surface area contributed by atoms with E-state index in [2.05, 4.69) is 20.5 Å². The van der Waals surface area contributed by atoms with Crippen molar-refractivity contribution in [2.45, 2.75) is 0 Å². The van der Waals surface area contributed by atoms with Crippen LogP contribution >= 0.6 is 11.6 Å². The van der Waals surface area contributed by atoms with Crippen LogP contribution in [0.15, 0.2) is 41.4 Å². The summed E-state index contributed by atoms with van der Waals surface area (Å²) < 4.78 is 0. The topological polar surface area (TPSA) is 78.1 Å². The first-order valence-electron chi connectivity index (χ1n) is 7.20. The first-order valence-corrected chi connectivity index (χ1v) is 7.57. The lowest BCUT2D eigenvalue weighted by atomic mass is 9.96. The molecule has 0 aromatic heterocycles. The first kappa shape index (κ1) is 15.8. The maximum Gasteiger partial charge on any atom is 0.261 e. The van der Waals surface area contributed by atoms with E-state index in [1.807, 2.05) is 0 Å². The highest BCUT2D eigenvalue weighted by molar-refractivity contribution is 6.34. The molecular formula is C17H13ClN4O2. The van der Waals surface area contributed by atoms with Gasteiger partial charge in [0.05, 0.1) is 18.7 Å². The number of carbonyl (C=O) groups is 1. The number of carbonyl (C=O) groups excluding carboxylic acids is 1. The smallest absolute Gasteiger partial charge is 0.261 e. The Labute approximate surface area is 143 Å². The molecular weight excluding hydrogens is 328 g/mol. The molecule has 24 heavy (non-hydrogen) atoms. The molecule has 1 heterocycles. The zero-order chi connectivity index (χ0) is 17.1. The summed E-state index contributed by atoms with van der Waals surface area (Å²) in [5, 5.41) is 16.2. The standard InChI is InChI=1S/C17H13ClN4O2/c1-19-12-6-7-13(23)15(16(24)22-17-20-8-9-21-17)14(12)10-4-2-3-5-11(10)18/h2-7,23H,8-9H2,(H2,20,21,22,24). The molecule has 0 bridgehead atoms. The number of guanidine groups is 1. The third-order valence-electron chi connectivity index (χ3n) is 3.56. The zero-order valence-electron chi connectivity index (χ0n) is 12.5. The van der Waals surface area contributed by atoms with Crippen LogP contribution < -0.4 is 10.6 Å². The van der Waals surface area contributed by atoms with E-state index in [1.54, 1.807) is 24.3 Å². The molecule has 6 nitrogen and oxygen atoms in total. The fraction of sp³-hybridized carbons (Fsp3) is 0.118. The summed E-state index contributed by atoms with van der Waals surface area (Å²) in [5.74, 6) is -0.438. The van der Waals surface area contributed by atoms with Gasteiger partial charge in [-0.3, -0.25) is 15.1 Å². The molecule has 0 spiro atoms. The third-order valence-corrected chi connectivity index (χ3v) is 3.89. The molecule has 0 atom stereocenters. The molecule has 1 amide bonds. The van der Waals surface area contributed by atoms with Crippen molar-refractivity contribution in [1.82, 2.24) is 10.6 Å². The van der Waals surface area contributed by atoms with Gasteiger partial charge in [0.2, 0.25) is 0 Å². The summed E-state index contributed by atoms with van der Waals surface area (Å²) in [6.45, 7) is 8.58. The number of aromatic hydroxyl groups is 1. The fourth-order valence-corrected chi connectivity index (χ4v) is 2.72. The number of rotatable bonds is 2. The molecule has 2 aromatic carbocycles. The number of aliphatic imine (C=N–C) groups is 1. The summed E-state index contributed by atoms with van der Waals surface area (Å²) in [6, 6.07) is 9.66. The monoisotopic (exact) mass is 340 g/mol. The third kappa shape index (κ3) is 2.90. The summed E-state index contributed by atoms with van der Waals surface area (Å²) >= 11 is 6.23. The highest BCUT2D eigenvalue weighted by Crippen LogP contribution is 2.41. The van der Waals surface area contributed by atoms with Crippen molar-refractivity contribution in [2.24, 2.45) is 4.99 Å². The Hall–Kier alpha value is -3.04. The van der Waals surface area contributed by atoms with Gasteiger partial charge in [-0.15, -0.1) is 0 Å². The molecule has 3 rings (SSSR count). The molecule has 7 heteroatoms. The molecule has 0 saturated carbocycles. The van der Waals surface area contributed by atoms with Crippen LogP contribution in [0.1, 0.15) is 10.4 Å². The molecule has 0 radical (unpaired) electrons. The lowest BCUT2D eigenvalue weighted by Gasteiger charge is -2.15. The molecule has 3 N–H and O–H groups in total. The summed E-state index contributed by atoms with van der Waals surface area (Å²) in [7, 11) is 0. The number of nitrogens with one attached hydrogen (secondary N) is 2. The first-order chi connectivity index (χ1) is 11.6. The average molecular weight is 341 g/mol. The minimum Gasteiger partial charge on any atom is -0.507 e. The molecule has 0 saturated heterocycles. The van der Waals surface area contributed by atoms with Gasteiger partial charge in [0, 0.05) is 17.1 Å². The van der Waals surface area contributed by atoms with Crippen molar-refractivity contribution in [3.8, 4) is 16.9 Å². The normalized spacial score (nSPS) is 12.9. The van der Waals surface area contributed by atoms with E-state index < -0.39 is 5.91 Å². The largest absolute Gasteiger partial charge is 0.507 e. The minimum atomic E-state index is -0.555. The van der Waals surface area contributed by atoms with E-state index in [1.165, 1.54) is 12.1 Å². The maximum atomic E-state index is 12.7. The summed E-state index contributed by atoms with van der Waals surface area (Å²) in [4.78, 5) is 20.2. The Morgan fingerprint density at radius 3 is 2.79 bits per heavy atom. The molecule has 2 aromatic rings. The summed E-state index contributed by atoms with van der Waals surface area (Å²) in [6.07, 6.45) is 0. The molecule has 0 unspecified atom stereocenters. The van der Waals surface area contributed by atoms with Gasteiger partial charge in [0.25, 0.3) is 5.91 Å². The van der Waals surface area contributed by atoms with Gasteiger partial charge in [-0.25, -0.2) is 4.85 Å². The quantitative estimate of drug-likeness (QED) is 0.735. The van der Waals surface area contributed by atoms with Crippen molar-refractivity contribution in [3.63, 3.8) is 0 Å². The highest BCUT2D eigenvalue weighted by atomic mass is 35.5. The van der Waals surface area contributed by atoms with Gasteiger partial charge in [-0.2, -0.15) is 0 Å². The number of benzene rings is 2. The van der Waals surface area contributed by atoms with Crippen LogP contribution in [-0.2, 0) is 0 Å². The summed E-state index contributed by atoms with van der Waals surface area (Å²) in [5.41, 5.74) is 1.03. The minimum absolute atomic E-state index is 0.00648. The second-order valence-corrected chi connectivity index (χ2v) is 5.46. The van der Waals surface area contributed by atoms with Crippen LogP contribution in [0.3, 0.4) is 0 Å². The van der Waals surface area contributed by atoms with Gasteiger partial charge in [0.15, 0.2) is 11.6 Å². The lowest BCUT2D eigenvalue weighted by molar-refractivity contribution is 0.0974. The van der Waals surface area contributed by atoms with E-state index in [-0.39, 0.29) is 17.0 Å². The molecule has 120 valence electrons. The predicted molar refractivity (Wildman–Crippen MR) is 92.6 cm³/mol. The maximum absolute atomic E-state index is 12.7. The van der Waals surface area contributed by atoms with Crippen molar-refractivity contribution >= 4 is 29.2 Å². The molecule has 1 aliphatic rings. The van der Waals surface area contributed by atoms with Crippen LogP contribution in [0, 0.1) is 6.57 Å². The Morgan fingerprint density at radius 2 is 2.12 bits per heavy atom. The van der Waals surface area contributed by atoms with Crippen molar-refractivity contribution in [1.29, 1.82) is 0 Å². The predicted octanol–water partition coefficient (Wildman–Crippen LogP) is 2.95. The highest BCUT2D eigenvalue weighted by Gasteiger charge is 2.23. The molecule has 0 fully saturated rings. The molecule has 1 aliphatic heterocycles. The number of nitrogens with zero attached hydrogens (tertiary/aromatic N) is 2. The second kappa shape index (κ2) is 6.60. The van der Waals surface area contributed by atoms with Crippen LogP contribution in [0.25, 0.3) is 16.0 Å². The zero-order valence-corrected chi connectivity index (χ0v) is 13.3. The number of phenolic OH excluding ortho intramolecular Hbond substituents is 1. The average Bonchev–Trinajstić information content (AvgIpc) is 3.08. The van der Waals surface area contributed by atoms with Crippen molar-refractivity contribution < 1.29 is 9.90 Å². The van der Waals surface area contributed by atoms with Gasteiger partial charge < -0.3 is 10.4 Å². The van der Waals surface area contributed by atoms with Crippen molar-refractivity contribution in [2.75, 3.05) is 13.1 Å². The van der Waals surface area contributed by atoms with E-state index in [0.717, 1.165) is 0 Å². The van der Waals surface area contributed by atoms with Crippen LogP contribution in [0.5, 0.6) is 5.75 Å².